The van der Waals surface area contributed by atoms with Gasteiger partial charge in [-0.3, -0.25) is 0 Å². The van der Waals surface area contributed by atoms with Crippen LogP contribution < -0.4 is 4.90 Å². The molecule has 8 aromatic rings. The lowest BCUT2D eigenvalue weighted by Crippen LogP contribution is -2.10. The van der Waals surface area contributed by atoms with Gasteiger partial charge in [0.2, 0.25) is 0 Å². The summed E-state index contributed by atoms with van der Waals surface area (Å²) in [5.74, 6) is -0.261. The Hall–Kier alpha value is -5.67. The third-order valence-corrected chi connectivity index (χ3v) is 8.12. The van der Waals surface area contributed by atoms with Crippen molar-refractivity contribution in [1.29, 1.82) is 0 Å². The Balaban J connectivity index is 1.28. The lowest BCUT2D eigenvalue weighted by atomic mass is 9.97. The second kappa shape index (κ2) is 10.3. The summed E-state index contributed by atoms with van der Waals surface area (Å²) in [6.07, 6.45) is 0. The van der Waals surface area contributed by atoms with E-state index < -0.39 is 0 Å². The number of hydrogen-bond donors (Lipinski definition) is 0. The van der Waals surface area contributed by atoms with E-state index in [4.69, 9.17) is 4.42 Å². The van der Waals surface area contributed by atoms with Crippen molar-refractivity contribution in [1.82, 2.24) is 0 Å². The summed E-state index contributed by atoms with van der Waals surface area (Å²) in [5.41, 5.74) is 9.10. The Bertz CT molecular complexity index is 2230. The summed E-state index contributed by atoms with van der Waals surface area (Å²) in [6.45, 7) is 0. The fraction of sp³-hybridized carbons (Fsp3) is 0. The molecular weight excluding hydrogens is 529 g/mol. The second-order valence-corrected chi connectivity index (χ2v) is 10.7. The normalized spacial score (nSPS) is 11.4. The van der Waals surface area contributed by atoms with Crippen molar-refractivity contribution in [2.75, 3.05) is 4.90 Å². The minimum atomic E-state index is -0.261. The molecule has 43 heavy (non-hydrogen) atoms. The molecule has 0 aliphatic heterocycles. The van der Waals surface area contributed by atoms with Crippen LogP contribution in [-0.2, 0) is 0 Å². The van der Waals surface area contributed by atoms with Crippen LogP contribution in [0.3, 0.4) is 0 Å². The molecule has 1 heterocycles. The number of furan rings is 1. The summed E-state index contributed by atoms with van der Waals surface area (Å²) >= 11 is 0. The predicted molar refractivity (Wildman–Crippen MR) is 177 cm³/mol. The number of halogens is 1. The van der Waals surface area contributed by atoms with Gasteiger partial charge in [0.25, 0.3) is 0 Å². The Morgan fingerprint density at radius 1 is 0.465 bits per heavy atom. The van der Waals surface area contributed by atoms with Gasteiger partial charge in [0.15, 0.2) is 0 Å². The zero-order chi connectivity index (χ0) is 28.8. The molecule has 0 atom stereocenters. The van der Waals surface area contributed by atoms with Crippen LogP contribution in [0.4, 0.5) is 21.5 Å². The zero-order valence-electron chi connectivity index (χ0n) is 23.2. The first-order valence-corrected chi connectivity index (χ1v) is 14.4. The van der Waals surface area contributed by atoms with Crippen molar-refractivity contribution >= 4 is 49.8 Å². The van der Waals surface area contributed by atoms with Crippen LogP contribution in [0.2, 0.25) is 0 Å². The van der Waals surface area contributed by atoms with Crippen molar-refractivity contribution in [2.24, 2.45) is 0 Å². The molecule has 0 radical (unpaired) electrons. The van der Waals surface area contributed by atoms with Gasteiger partial charge in [-0.1, -0.05) is 97.1 Å². The third kappa shape index (κ3) is 4.43. The average Bonchev–Trinajstić information content (AvgIpc) is 3.46. The molecule has 0 N–H and O–H groups in total. The number of nitrogens with zero attached hydrogens (tertiary/aromatic N) is 1. The zero-order valence-corrected chi connectivity index (χ0v) is 23.2. The van der Waals surface area contributed by atoms with E-state index in [1.165, 1.54) is 12.1 Å². The van der Waals surface area contributed by atoms with E-state index >= 15 is 0 Å². The Morgan fingerprint density at radius 3 is 1.95 bits per heavy atom. The van der Waals surface area contributed by atoms with Crippen LogP contribution in [0.15, 0.2) is 162 Å². The highest BCUT2D eigenvalue weighted by molar-refractivity contribution is 6.19. The fourth-order valence-electron chi connectivity index (χ4n) is 6.08. The number of fused-ring (bicyclic) bond motifs is 5. The van der Waals surface area contributed by atoms with Gasteiger partial charge in [0, 0.05) is 33.2 Å². The summed E-state index contributed by atoms with van der Waals surface area (Å²) in [5, 5.41) is 4.46. The number of benzene rings is 7. The van der Waals surface area contributed by atoms with Crippen molar-refractivity contribution in [3.63, 3.8) is 0 Å². The number of anilines is 3. The largest absolute Gasteiger partial charge is 0.455 e. The van der Waals surface area contributed by atoms with Crippen molar-refractivity contribution < 1.29 is 8.81 Å². The molecule has 0 unspecified atom stereocenters. The summed E-state index contributed by atoms with van der Waals surface area (Å²) in [7, 11) is 0. The molecule has 7 aromatic carbocycles. The van der Waals surface area contributed by atoms with Crippen LogP contribution in [0.1, 0.15) is 0 Å². The van der Waals surface area contributed by atoms with Gasteiger partial charge in [-0.15, -0.1) is 0 Å². The molecule has 204 valence electrons. The molecule has 0 spiro atoms. The highest BCUT2D eigenvalue weighted by Crippen LogP contribution is 2.42. The van der Waals surface area contributed by atoms with Gasteiger partial charge in [-0.05, 0) is 88.3 Å². The molecule has 0 amide bonds. The molecule has 0 bridgehead atoms. The van der Waals surface area contributed by atoms with Gasteiger partial charge >= 0.3 is 0 Å². The van der Waals surface area contributed by atoms with E-state index in [9.17, 15) is 4.39 Å². The van der Waals surface area contributed by atoms with Crippen LogP contribution >= 0.6 is 0 Å². The number of hydrogen-bond acceptors (Lipinski definition) is 2. The van der Waals surface area contributed by atoms with E-state index in [2.05, 4.69) is 114 Å². The van der Waals surface area contributed by atoms with Gasteiger partial charge < -0.3 is 9.32 Å². The molecule has 0 aliphatic carbocycles. The van der Waals surface area contributed by atoms with Crippen LogP contribution in [0, 0.1) is 5.82 Å². The van der Waals surface area contributed by atoms with E-state index in [1.807, 2.05) is 36.4 Å². The quantitative estimate of drug-likeness (QED) is 0.210. The first-order valence-electron chi connectivity index (χ1n) is 14.4. The molecule has 0 saturated carbocycles. The standard InChI is InChI=1S/C40H26FNO/c41-31-19-23-33(24-20-31)42(32-21-16-28(17-22-32)27-8-2-1-3-9-27)34-12-6-11-30(26-34)35-14-7-15-38-39(35)37-25-18-29-10-4-5-13-36(29)40(37)43-38/h1-26H. The average molecular weight is 556 g/mol. The topological polar surface area (TPSA) is 16.4 Å². The second-order valence-electron chi connectivity index (χ2n) is 10.7. The predicted octanol–water partition coefficient (Wildman–Crippen LogP) is 11.7. The highest BCUT2D eigenvalue weighted by atomic mass is 19.1. The lowest BCUT2D eigenvalue weighted by molar-refractivity contribution is 0.628. The molecular formula is C40H26FNO. The maximum atomic E-state index is 14.0. The molecule has 1 aromatic heterocycles. The Morgan fingerprint density at radius 2 is 1.14 bits per heavy atom. The maximum Gasteiger partial charge on any atom is 0.143 e. The SMILES string of the molecule is Fc1ccc(N(c2ccc(-c3ccccc3)cc2)c2cccc(-c3cccc4oc5c6ccccc6ccc5c34)c2)cc1. The van der Waals surface area contributed by atoms with Crippen molar-refractivity contribution in [3.05, 3.63) is 164 Å². The fourth-order valence-corrected chi connectivity index (χ4v) is 6.08. The van der Waals surface area contributed by atoms with E-state index in [-0.39, 0.29) is 5.82 Å². The molecule has 2 nitrogen and oxygen atoms in total. The first kappa shape index (κ1) is 25.1. The van der Waals surface area contributed by atoms with Gasteiger partial charge in [0.1, 0.15) is 17.0 Å². The van der Waals surface area contributed by atoms with Crippen LogP contribution in [0.25, 0.3) is 55.0 Å². The molecule has 0 fully saturated rings. The summed E-state index contributed by atoms with van der Waals surface area (Å²) in [4.78, 5) is 2.17. The molecule has 8 rings (SSSR count). The monoisotopic (exact) mass is 555 g/mol. The first-order chi connectivity index (χ1) is 21.2. The third-order valence-electron chi connectivity index (χ3n) is 8.12. The smallest absolute Gasteiger partial charge is 0.143 e. The van der Waals surface area contributed by atoms with Crippen LogP contribution in [-0.4, -0.2) is 0 Å². The maximum absolute atomic E-state index is 14.0. The highest BCUT2D eigenvalue weighted by Gasteiger charge is 2.17. The van der Waals surface area contributed by atoms with Crippen molar-refractivity contribution in [2.45, 2.75) is 0 Å². The van der Waals surface area contributed by atoms with Gasteiger partial charge in [0.05, 0.1) is 0 Å². The lowest BCUT2D eigenvalue weighted by Gasteiger charge is -2.26. The van der Waals surface area contributed by atoms with E-state index in [0.29, 0.717) is 0 Å². The van der Waals surface area contributed by atoms with E-state index in [0.717, 1.165) is 72.0 Å². The summed E-state index contributed by atoms with van der Waals surface area (Å²) in [6, 6.07) is 52.9. The molecule has 0 aliphatic rings. The van der Waals surface area contributed by atoms with Gasteiger partial charge in [-0.2, -0.15) is 0 Å². The minimum absolute atomic E-state index is 0.261. The van der Waals surface area contributed by atoms with Crippen LogP contribution in [0.5, 0.6) is 0 Å². The number of rotatable bonds is 5. The van der Waals surface area contributed by atoms with E-state index in [1.54, 1.807) is 0 Å². The Kier molecular flexibility index (Phi) is 6.01. The molecule has 3 heteroatoms. The Labute approximate surface area is 248 Å². The minimum Gasteiger partial charge on any atom is -0.455 e. The summed E-state index contributed by atoms with van der Waals surface area (Å²) < 4.78 is 20.5. The van der Waals surface area contributed by atoms with Gasteiger partial charge in [-0.25, -0.2) is 4.39 Å². The van der Waals surface area contributed by atoms with Crippen molar-refractivity contribution in [3.8, 4) is 22.3 Å². The molecule has 0 saturated heterocycles.